The highest BCUT2D eigenvalue weighted by Crippen LogP contribution is 2.28. The Balaban J connectivity index is 2.55. The van der Waals surface area contributed by atoms with Gasteiger partial charge in [-0.25, -0.2) is 9.78 Å². The van der Waals surface area contributed by atoms with Gasteiger partial charge in [-0.15, -0.1) is 0 Å². The van der Waals surface area contributed by atoms with Crippen LogP contribution >= 0.6 is 0 Å². The number of fused-ring (bicyclic) bond motifs is 1. The maximum Gasteiger partial charge on any atom is 0.341 e. The van der Waals surface area contributed by atoms with E-state index in [4.69, 9.17) is 9.84 Å². The normalized spacial score (nSPS) is 11.1. The highest BCUT2D eigenvalue weighted by molar-refractivity contribution is 5.97. The van der Waals surface area contributed by atoms with E-state index < -0.39 is 5.97 Å². The molecule has 0 atom stereocenters. The number of hydrogen-bond donors (Lipinski definition) is 1. The number of hydrogen-bond acceptors (Lipinski definition) is 4. The first-order valence-electron chi connectivity index (χ1n) is 5.67. The Kier molecular flexibility index (Phi) is 3.18. The number of nitrogens with zero attached hydrogens (tertiary/aromatic N) is 3. The number of aromatic nitrogens is 3. The molecular weight excluding hydrogens is 234 g/mol. The summed E-state index contributed by atoms with van der Waals surface area (Å²) >= 11 is 0. The van der Waals surface area contributed by atoms with Gasteiger partial charge in [0.25, 0.3) is 0 Å². The maximum atomic E-state index is 11.2. The lowest BCUT2D eigenvalue weighted by molar-refractivity contribution is 0.0691. The second-order valence-corrected chi connectivity index (χ2v) is 4.52. The quantitative estimate of drug-likeness (QED) is 0.892. The van der Waals surface area contributed by atoms with Crippen LogP contribution in [-0.2, 0) is 7.05 Å². The van der Waals surface area contributed by atoms with Crippen molar-refractivity contribution < 1.29 is 14.6 Å². The Morgan fingerprint density at radius 2 is 2.22 bits per heavy atom. The fraction of sp³-hybridized carbons (Fsp3) is 0.417. The maximum absolute atomic E-state index is 11.2. The van der Waals surface area contributed by atoms with E-state index in [1.807, 2.05) is 13.8 Å². The number of carboxylic acid groups (broad SMARTS) is 1. The van der Waals surface area contributed by atoms with Crippen LogP contribution in [0, 0.1) is 5.92 Å². The molecule has 0 fully saturated rings. The van der Waals surface area contributed by atoms with Gasteiger partial charge in [-0.05, 0) is 5.92 Å². The fourth-order valence-corrected chi connectivity index (χ4v) is 1.63. The summed E-state index contributed by atoms with van der Waals surface area (Å²) < 4.78 is 7.20. The van der Waals surface area contributed by atoms with Crippen molar-refractivity contribution in [2.75, 3.05) is 6.61 Å². The molecule has 0 unspecified atom stereocenters. The first-order chi connectivity index (χ1) is 8.50. The minimum Gasteiger partial charge on any atom is -0.492 e. The number of aromatic carboxylic acids is 1. The molecule has 0 aliphatic carbocycles. The molecule has 0 aliphatic heterocycles. The molecule has 6 heteroatoms. The van der Waals surface area contributed by atoms with Crippen molar-refractivity contribution in [1.29, 1.82) is 0 Å². The molecule has 6 nitrogen and oxygen atoms in total. The minimum atomic E-state index is -1.05. The van der Waals surface area contributed by atoms with E-state index in [9.17, 15) is 4.79 Å². The van der Waals surface area contributed by atoms with Crippen molar-refractivity contribution >= 4 is 17.0 Å². The predicted octanol–water partition coefficient (Wildman–Crippen LogP) is 1.70. The van der Waals surface area contributed by atoms with Crippen LogP contribution in [0.3, 0.4) is 0 Å². The molecular formula is C12H15N3O3. The van der Waals surface area contributed by atoms with Gasteiger partial charge in [0.2, 0.25) is 0 Å². The Morgan fingerprint density at radius 3 is 2.83 bits per heavy atom. The van der Waals surface area contributed by atoms with Crippen molar-refractivity contribution in [3.05, 3.63) is 18.0 Å². The van der Waals surface area contributed by atoms with Crippen LogP contribution in [0.1, 0.15) is 24.2 Å². The summed E-state index contributed by atoms with van der Waals surface area (Å²) in [7, 11) is 1.75. The Hall–Kier alpha value is -2.11. The first-order valence-corrected chi connectivity index (χ1v) is 5.67. The average molecular weight is 249 g/mol. The monoisotopic (exact) mass is 249 g/mol. The van der Waals surface area contributed by atoms with Gasteiger partial charge < -0.3 is 9.84 Å². The zero-order valence-corrected chi connectivity index (χ0v) is 10.5. The number of carbonyl (C=O) groups is 1. The third kappa shape index (κ3) is 2.13. The highest BCUT2D eigenvalue weighted by Gasteiger charge is 2.18. The third-order valence-corrected chi connectivity index (χ3v) is 2.50. The van der Waals surface area contributed by atoms with Crippen LogP contribution in [0.15, 0.2) is 12.4 Å². The van der Waals surface area contributed by atoms with Gasteiger partial charge in [-0.3, -0.25) is 4.68 Å². The number of aryl methyl sites for hydroxylation is 1. The van der Waals surface area contributed by atoms with E-state index >= 15 is 0 Å². The van der Waals surface area contributed by atoms with Gasteiger partial charge >= 0.3 is 5.97 Å². The largest absolute Gasteiger partial charge is 0.492 e. The van der Waals surface area contributed by atoms with Gasteiger partial charge in [0.15, 0.2) is 5.65 Å². The van der Waals surface area contributed by atoms with E-state index in [1.165, 1.54) is 6.20 Å². The lowest BCUT2D eigenvalue weighted by Gasteiger charge is -2.11. The van der Waals surface area contributed by atoms with Gasteiger partial charge in [-0.2, -0.15) is 5.10 Å². The standard InChI is InChI=1S/C12H15N3O3/c1-7(2)6-18-10-8-5-14-15(3)11(8)13-4-9(10)12(16)17/h4-5,7H,6H2,1-3H3,(H,16,17). The fourth-order valence-electron chi connectivity index (χ4n) is 1.63. The van der Waals surface area contributed by atoms with Crippen molar-refractivity contribution in [3.8, 4) is 5.75 Å². The summed E-state index contributed by atoms with van der Waals surface area (Å²) in [4.78, 5) is 15.3. The summed E-state index contributed by atoms with van der Waals surface area (Å²) in [5, 5.41) is 13.8. The van der Waals surface area contributed by atoms with Gasteiger partial charge in [0, 0.05) is 13.2 Å². The molecule has 0 spiro atoms. The van der Waals surface area contributed by atoms with Crippen LogP contribution in [0.25, 0.3) is 11.0 Å². The molecule has 18 heavy (non-hydrogen) atoms. The summed E-state index contributed by atoms with van der Waals surface area (Å²) in [5.74, 6) is -0.396. The molecule has 2 aromatic rings. The second-order valence-electron chi connectivity index (χ2n) is 4.52. The summed E-state index contributed by atoms with van der Waals surface area (Å²) in [6, 6.07) is 0. The van der Waals surface area contributed by atoms with Crippen molar-refractivity contribution in [2.24, 2.45) is 13.0 Å². The van der Waals surface area contributed by atoms with Crippen LogP contribution in [0.2, 0.25) is 0 Å². The average Bonchev–Trinajstić information content (AvgIpc) is 2.68. The molecule has 2 rings (SSSR count). The first kappa shape index (κ1) is 12.3. The molecule has 0 aliphatic rings. The zero-order chi connectivity index (χ0) is 13.3. The van der Waals surface area contributed by atoms with E-state index in [1.54, 1.807) is 17.9 Å². The van der Waals surface area contributed by atoms with Gasteiger partial charge in [-0.1, -0.05) is 13.8 Å². The third-order valence-electron chi connectivity index (χ3n) is 2.50. The summed E-state index contributed by atoms with van der Waals surface area (Å²) in [6.07, 6.45) is 2.88. The van der Waals surface area contributed by atoms with Gasteiger partial charge in [0.1, 0.15) is 11.3 Å². The molecule has 0 bridgehead atoms. The topological polar surface area (TPSA) is 77.2 Å². The minimum absolute atomic E-state index is 0.0659. The number of pyridine rings is 1. The molecule has 96 valence electrons. The van der Waals surface area contributed by atoms with E-state index in [-0.39, 0.29) is 5.56 Å². The lowest BCUT2D eigenvalue weighted by Crippen LogP contribution is -2.09. The van der Waals surface area contributed by atoms with E-state index in [0.717, 1.165) is 0 Å². The zero-order valence-electron chi connectivity index (χ0n) is 10.5. The summed E-state index contributed by atoms with van der Waals surface area (Å²) in [6.45, 7) is 4.46. The van der Waals surface area contributed by atoms with Gasteiger partial charge in [0.05, 0.1) is 18.2 Å². The molecule has 1 N–H and O–H groups in total. The second kappa shape index (κ2) is 4.64. The van der Waals surface area contributed by atoms with Crippen molar-refractivity contribution in [2.45, 2.75) is 13.8 Å². The van der Waals surface area contributed by atoms with Crippen LogP contribution in [0.4, 0.5) is 0 Å². The molecule has 0 saturated heterocycles. The van der Waals surface area contributed by atoms with E-state index in [2.05, 4.69) is 10.1 Å². The Bertz CT molecular complexity index is 590. The Labute approximate surface area is 104 Å². The van der Waals surface area contributed by atoms with Crippen molar-refractivity contribution in [3.63, 3.8) is 0 Å². The SMILES string of the molecule is CC(C)COc1c(C(=O)O)cnc2c1cnn2C. The molecule has 0 aromatic carbocycles. The summed E-state index contributed by atoms with van der Waals surface area (Å²) in [5.41, 5.74) is 0.676. The number of ether oxygens (including phenoxy) is 1. The number of carboxylic acids is 1. The Morgan fingerprint density at radius 1 is 1.50 bits per heavy atom. The predicted molar refractivity (Wildman–Crippen MR) is 65.8 cm³/mol. The molecule has 2 aromatic heterocycles. The highest BCUT2D eigenvalue weighted by atomic mass is 16.5. The lowest BCUT2D eigenvalue weighted by atomic mass is 10.2. The number of rotatable bonds is 4. The molecule has 0 amide bonds. The van der Waals surface area contributed by atoms with Crippen LogP contribution < -0.4 is 4.74 Å². The molecule has 0 radical (unpaired) electrons. The molecule has 2 heterocycles. The van der Waals surface area contributed by atoms with Crippen LogP contribution in [-0.4, -0.2) is 32.4 Å². The van der Waals surface area contributed by atoms with Crippen LogP contribution in [0.5, 0.6) is 5.75 Å². The van der Waals surface area contributed by atoms with E-state index in [0.29, 0.717) is 29.3 Å². The smallest absolute Gasteiger partial charge is 0.341 e. The van der Waals surface area contributed by atoms with Crippen molar-refractivity contribution in [1.82, 2.24) is 14.8 Å². The molecule has 0 saturated carbocycles.